The van der Waals surface area contributed by atoms with Crippen molar-refractivity contribution in [1.29, 1.82) is 0 Å². The number of hydrogen-bond acceptors (Lipinski definition) is 5. The summed E-state index contributed by atoms with van der Waals surface area (Å²) in [5.74, 6) is 0.788. The van der Waals surface area contributed by atoms with Gasteiger partial charge in [-0.1, -0.05) is 0 Å². The molecule has 1 aliphatic carbocycles. The summed E-state index contributed by atoms with van der Waals surface area (Å²) in [5.41, 5.74) is 2.18. The summed E-state index contributed by atoms with van der Waals surface area (Å²) in [5, 5.41) is 11.6. The van der Waals surface area contributed by atoms with Gasteiger partial charge < -0.3 is 14.8 Å². The molecule has 0 radical (unpaired) electrons. The quantitative estimate of drug-likeness (QED) is 0.796. The van der Waals surface area contributed by atoms with Crippen LogP contribution in [0.15, 0.2) is 18.3 Å². The Morgan fingerprint density at radius 1 is 1.33 bits per heavy atom. The smallest absolute Gasteiger partial charge is 0.306 e. The number of esters is 1. The van der Waals surface area contributed by atoms with Crippen LogP contribution >= 0.6 is 0 Å². The summed E-state index contributed by atoms with van der Waals surface area (Å²) in [7, 11) is 1.42. The molecule has 1 aromatic carbocycles. The molecule has 0 atom stereocenters. The van der Waals surface area contributed by atoms with E-state index in [2.05, 4.69) is 27.2 Å². The molecule has 0 bridgehead atoms. The maximum Gasteiger partial charge on any atom is 0.306 e. The number of H-pyrrole nitrogens is 1. The lowest BCUT2D eigenvalue weighted by Gasteiger charge is -2.30. The van der Waals surface area contributed by atoms with E-state index < -0.39 is 0 Å². The lowest BCUT2D eigenvalue weighted by Crippen LogP contribution is -2.37. The van der Waals surface area contributed by atoms with Gasteiger partial charge in [0.1, 0.15) is 5.75 Å². The Kier molecular flexibility index (Phi) is 5.35. The second-order valence-corrected chi connectivity index (χ2v) is 6.39. The van der Waals surface area contributed by atoms with Gasteiger partial charge in [-0.25, -0.2) is 0 Å². The molecule has 3 rings (SSSR count). The molecule has 2 aromatic rings. The maximum absolute atomic E-state index is 11.1. The Bertz CT molecular complexity index is 690. The summed E-state index contributed by atoms with van der Waals surface area (Å²) in [6.45, 7) is 2.76. The highest BCUT2D eigenvalue weighted by atomic mass is 16.5. The topological polar surface area (TPSA) is 76.2 Å². The zero-order valence-electron chi connectivity index (χ0n) is 14.3. The van der Waals surface area contributed by atoms with Crippen molar-refractivity contribution in [2.75, 3.05) is 13.7 Å². The van der Waals surface area contributed by atoms with Crippen molar-refractivity contribution in [3.05, 3.63) is 23.9 Å². The first-order valence-electron chi connectivity index (χ1n) is 8.57. The van der Waals surface area contributed by atoms with Gasteiger partial charge in [0.15, 0.2) is 0 Å². The monoisotopic (exact) mass is 331 g/mol. The van der Waals surface area contributed by atoms with E-state index in [4.69, 9.17) is 4.74 Å². The molecule has 2 N–H and O–H groups in total. The highest BCUT2D eigenvalue weighted by Gasteiger charge is 2.23. The summed E-state index contributed by atoms with van der Waals surface area (Å²) in [6, 6.07) is 4.51. The number of nitrogens with zero attached hydrogens (tertiary/aromatic N) is 1. The fourth-order valence-corrected chi connectivity index (χ4v) is 3.31. The number of aromatic amines is 1. The minimum absolute atomic E-state index is 0.162. The van der Waals surface area contributed by atoms with Gasteiger partial charge in [-0.05, 0) is 44.7 Å². The van der Waals surface area contributed by atoms with Crippen LogP contribution in [0.25, 0.3) is 10.9 Å². The molecule has 0 saturated heterocycles. The molecular formula is C18H25N3O3. The zero-order valence-corrected chi connectivity index (χ0v) is 14.3. The maximum atomic E-state index is 11.1. The molecular weight excluding hydrogens is 306 g/mol. The molecule has 0 unspecified atom stereocenters. The van der Waals surface area contributed by atoms with Crippen LogP contribution in [0.4, 0.5) is 0 Å². The Morgan fingerprint density at radius 3 is 2.88 bits per heavy atom. The standard InChI is InChI=1S/C18H25N3O3/c1-12-15-11-20-21-16(15)7-8-17(12)24-14-5-3-13(4-6-14)19-10-9-18(22)23-2/h7-8,11,13-14,19H,3-6,9-10H2,1-2H3,(H,20,21)/t13-,14-. The zero-order chi connectivity index (χ0) is 16.9. The fourth-order valence-electron chi connectivity index (χ4n) is 3.31. The molecule has 1 heterocycles. The van der Waals surface area contributed by atoms with E-state index in [0.29, 0.717) is 19.0 Å². The van der Waals surface area contributed by atoms with Crippen molar-refractivity contribution in [3.8, 4) is 5.75 Å². The van der Waals surface area contributed by atoms with Gasteiger partial charge >= 0.3 is 5.97 Å². The third-order valence-corrected chi connectivity index (χ3v) is 4.80. The van der Waals surface area contributed by atoms with Gasteiger partial charge in [-0.15, -0.1) is 0 Å². The number of methoxy groups -OCH3 is 1. The van der Waals surface area contributed by atoms with Crippen LogP contribution in [0, 0.1) is 6.92 Å². The van der Waals surface area contributed by atoms with E-state index in [-0.39, 0.29) is 12.1 Å². The van der Waals surface area contributed by atoms with E-state index in [0.717, 1.165) is 47.9 Å². The number of benzene rings is 1. The number of carbonyl (C=O) groups excluding carboxylic acids is 1. The lowest BCUT2D eigenvalue weighted by atomic mass is 9.92. The number of carbonyl (C=O) groups is 1. The number of aryl methyl sites for hydroxylation is 1. The first-order chi connectivity index (χ1) is 11.7. The van der Waals surface area contributed by atoms with E-state index >= 15 is 0 Å². The number of ether oxygens (including phenoxy) is 2. The summed E-state index contributed by atoms with van der Waals surface area (Å²) >= 11 is 0. The summed E-state index contributed by atoms with van der Waals surface area (Å²) in [6.07, 6.45) is 6.72. The minimum Gasteiger partial charge on any atom is -0.490 e. The van der Waals surface area contributed by atoms with E-state index in [1.54, 1.807) is 0 Å². The van der Waals surface area contributed by atoms with Crippen LogP contribution in [0.1, 0.15) is 37.7 Å². The Balaban J connectivity index is 1.48. The third-order valence-electron chi connectivity index (χ3n) is 4.80. The van der Waals surface area contributed by atoms with Gasteiger partial charge in [0.25, 0.3) is 0 Å². The Morgan fingerprint density at radius 2 is 2.12 bits per heavy atom. The largest absolute Gasteiger partial charge is 0.490 e. The number of fused-ring (bicyclic) bond motifs is 1. The van der Waals surface area contributed by atoms with Crippen molar-refractivity contribution in [3.63, 3.8) is 0 Å². The number of aromatic nitrogens is 2. The SMILES string of the molecule is COC(=O)CCN[C@H]1CC[C@H](Oc2ccc3[nH]ncc3c2C)CC1. The normalized spacial score (nSPS) is 20.9. The summed E-state index contributed by atoms with van der Waals surface area (Å²) < 4.78 is 10.9. The Labute approximate surface area is 141 Å². The van der Waals surface area contributed by atoms with Gasteiger partial charge in [0, 0.05) is 23.5 Å². The molecule has 1 fully saturated rings. The van der Waals surface area contributed by atoms with E-state index in [9.17, 15) is 4.79 Å². The van der Waals surface area contributed by atoms with Gasteiger partial charge in [-0.3, -0.25) is 9.89 Å². The Hall–Kier alpha value is -2.08. The fraction of sp³-hybridized carbons (Fsp3) is 0.556. The van der Waals surface area contributed by atoms with Crippen LogP contribution in [-0.2, 0) is 9.53 Å². The third kappa shape index (κ3) is 3.87. The van der Waals surface area contributed by atoms with E-state index in [1.807, 2.05) is 18.3 Å². The van der Waals surface area contributed by atoms with E-state index in [1.165, 1.54) is 7.11 Å². The molecule has 24 heavy (non-hydrogen) atoms. The lowest BCUT2D eigenvalue weighted by molar-refractivity contribution is -0.140. The average Bonchev–Trinajstić information content (AvgIpc) is 3.08. The van der Waals surface area contributed by atoms with Gasteiger partial charge in [0.05, 0.1) is 31.3 Å². The first-order valence-corrected chi connectivity index (χ1v) is 8.57. The molecule has 1 saturated carbocycles. The molecule has 1 aromatic heterocycles. The highest BCUT2D eigenvalue weighted by Crippen LogP contribution is 2.29. The molecule has 1 aliphatic rings. The van der Waals surface area contributed by atoms with Gasteiger partial charge in [-0.2, -0.15) is 5.10 Å². The van der Waals surface area contributed by atoms with Crippen LogP contribution in [-0.4, -0.2) is 42.0 Å². The van der Waals surface area contributed by atoms with Crippen LogP contribution in [0.2, 0.25) is 0 Å². The molecule has 6 heteroatoms. The predicted octanol–water partition coefficient (Wildman–Crippen LogP) is 2.71. The van der Waals surface area contributed by atoms with Crippen molar-refractivity contribution in [2.45, 2.75) is 51.2 Å². The molecule has 130 valence electrons. The van der Waals surface area contributed by atoms with Crippen molar-refractivity contribution in [1.82, 2.24) is 15.5 Å². The molecule has 0 amide bonds. The first kappa shape index (κ1) is 16.8. The highest BCUT2D eigenvalue weighted by molar-refractivity contribution is 5.83. The molecule has 0 aliphatic heterocycles. The molecule has 6 nitrogen and oxygen atoms in total. The second kappa shape index (κ2) is 7.66. The van der Waals surface area contributed by atoms with Crippen LogP contribution < -0.4 is 10.1 Å². The predicted molar refractivity (Wildman–Crippen MR) is 92.1 cm³/mol. The number of nitrogens with one attached hydrogen (secondary N) is 2. The van der Waals surface area contributed by atoms with Crippen molar-refractivity contribution < 1.29 is 14.3 Å². The second-order valence-electron chi connectivity index (χ2n) is 6.39. The number of hydrogen-bond donors (Lipinski definition) is 2. The van der Waals surface area contributed by atoms with Crippen LogP contribution in [0.5, 0.6) is 5.75 Å². The number of rotatable bonds is 6. The molecule has 0 spiro atoms. The van der Waals surface area contributed by atoms with Crippen molar-refractivity contribution in [2.24, 2.45) is 0 Å². The van der Waals surface area contributed by atoms with Crippen LogP contribution in [0.3, 0.4) is 0 Å². The van der Waals surface area contributed by atoms with Crippen molar-refractivity contribution >= 4 is 16.9 Å². The summed E-state index contributed by atoms with van der Waals surface area (Å²) in [4.78, 5) is 11.1. The minimum atomic E-state index is -0.162. The average molecular weight is 331 g/mol. The van der Waals surface area contributed by atoms with Gasteiger partial charge in [0.2, 0.25) is 0 Å².